The molecule has 0 saturated carbocycles. The molecule has 0 aliphatic rings. The number of carbonyl (C=O) groups is 1. The van der Waals surface area contributed by atoms with Crippen molar-refractivity contribution in [1.29, 1.82) is 0 Å². The summed E-state index contributed by atoms with van der Waals surface area (Å²) in [5.41, 5.74) is -0.487. The number of unbranched alkanes of at least 4 members (excludes halogenated alkanes) is 1. The summed E-state index contributed by atoms with van der Waals surface area (Å²) in [4.78, 5) is 23.9. The molecule has 0 bridgehead atoms. The summed E-state index contributed by atoms with van der Waals surface area (Å²) in [6, 6.07) is 20.1. The van der Waals surface area contributed by atoms with Gasteiger partial charge in [0.1, 0.15) is 5.60 Å². The Kier molecular flexibility index (Phi) is 7.66. The van der Waals surface area contributed by atoms with Crippen molar-refractivity contribution in [3.63, 3.8) is 0 Å². The molecule has 0 radical (unpaired) electrons. The van der Waals surface area contributed by atoms with Crippen LogP contribution in [0.4, 0.5) is 4.79 Å². The molecule has 5 heteroatoms. The minimum Gasteiger partial charge on any atom is -0.444 e. The maximum absolute atomic E-state index is 12.1. The van der Waals surface area contributed by atoms with Gasteiger partial charge < -0.3 is 14.8 Å². The van der Waals surface area contributed by atoms with Crippen molar-refractivity contribution >= 4 is 24.8 Å². The van der Waals surface area contributed by atoms with Crippen molar-refractivity contribution in [2.45, 2.75) is 64.5 Å². The van der Waals surface area contributed by atoms with Gasteiger partial charge in [-0.2, -0.15) is 0 Å². The van der Waals surface area contributed by atoms with Crippen LogP contribution < -0.4 is 15.7 Å². The SMILES string of the molecule is CC(C)(C)OC(=O)NCCCCC(C)(C)[Si](O)(c1ccccc1)c1ccccc1. The summed E-state index contributed by atoms with van der Waals surface area (Å²) in [6.45, 7) is 10.5. The Morgan fingerprint density at radius 1 is 0.897 bits per heavy atom. The molecule has 0 fully saturated rings. The lowest BCUT2D eigenvalue weighted by Gasteiger charge is -2.41. The molecule has 2 N–H and O–H groups in total. The molecule has 0 atom stereocenters. The lowest BCUT2D eigenvalue weighted by atomic mass is 10.1. The molecule has 158 valence electrons. The Labute approximate surface area is 176 Å². The molecular formula is C24H35NO3Si. The summed E-state index contributed by atoms with van der Waals surface area (Å²) in [6.07, 6.45) is 2.25. The van der Waals surface area contributed by atoms with Crippen molar-refractivity contribution in [1.82, 2.24) is 5.32 Å². The highest BCUT2D eigenvalue weighted by molar-refractivity contribution is 6.98. The minimum atomic E-state index is -2.96. The number of benzene rings is 2. The van der Waals surface area contributed by atoms with Crippen molar-refractivity contribution < 1.29 is 14.3 Å². The smallest absolute Gasteiger partial charge is 0.407 e. The predicted octanol–water partition coefficient (Wildman–Crippen LogP) is 4.21. The number of nitrogens with one attached hydrogen (secondary N) is 1. The van der Waals surface area contributed by atoms with E-state index in [0.717, 1.165) is 29.6 Å². The first-order valence-electron chi connectivity index (χ1n) is 10.4. The molecule has 0 aliphatic heterocycles. The van der Waals surface area contributed by atoms with Crippen LogP contribution in [0.25, 0.3) is 0 Å². The van der Waals surface area contributed by atoms with Gasteiger partial charge in [0.2, 0.25) is 0 Å². The lowest BCUT2D eigenvalue weighted by Crippen LogP contribution is -2.65. The summed E-state index contributed by atoms with van der Waals surface area (Å²) in [5.74, 6) is 0. The number of carbonyl (C=O) groups excluding carboxylic acids is 1. The van der Waals surface area contributed by atoms with Gasteiger partial charge in [-0.25, -0.2) is 4.79 Å². The molecule has 29 heavy (non-hydrogen) atoms. The number of rotatable bonds is 8. The molecule has 0 spiro atoms. The van der Waals surface area contributed by atoms with Crippen LogP contribution in [0.15, 0.2) is 60.7 Å². The van der Waals surface area contributed by atoms with E-state index in [1.807, 2.05) is 81.4 Å². The largest absolute Gasteiger partial charge is 0.444 e. The molecule has 0 aliphatic carbocycles. The van der Waals surface area contributed by atoms with Crippen molar-refractivity contribution in [3.05, 3.63) is 60.7 Å². The standard InChI is InChI=1S/C24H35NO3Si/c1-23(2,3)28-22(26)25-19-13-12-18-24(4,5)29(27,20-14-8-6-9-15-20)21-16-10-7-11-17-21/h6-11,14-17,27H,12-13,18-19H2,1-5H3,(H,25,26). The second-order valence-corrected chi connectivity index (χ2v) is 13.1. The van der Waals surface area contributed by atoms with Gasteiger partial charge in [-0.15, -0.1) is 0 Å². The van der Waals surface area contributed by atoms with Crippen LogP contribution in [-0.2, 0) is 4.74 Å². The summed E-state index contributed by atoms with van der Waals surface area (Å²) >= 11 is 0. The van der Waals surface area contributed by atoms with E-state index in [2.05, 4.69) is 19.2 Å². The van der Waals surface area contributed by atoms with Gasteiger partial charge in [0.05, 0.1) is 0 Å². The molecule has 0 unspecified atom stereocenters. The molecule has 4 nitrogen and oxygen atoms in total. The molecule has 0 aromatic heterocycles. The number of ether oxygens (including phenoxy) is 1. The van der Waals surface area contributed by atoms with E-state index in [4.69, 9.17) is 4.74 Å². The number of alkyl carbamates (subject to hydrolysis) is 1. The fourth-order valence-electron chi connectivity index (χ4n) is 3.68. The highest BCUT2D eigenvalue weighted by Crippen LogP contribution is 2.40. The number of hydrogen-bond acceptors (Lipinski definition) is 3. The summed E-state index contributed by atoms with van der Waals surface area (Å²) in [5, 5.41) is 4.61. The van der Waals surface area contributed by atoms with E-state index >= 15 is 0 Å². The van der Waals surface area contributed by atoms with Gasteiger partial charge in [-0.3, -0.25) is 0 Å². The maximum Gasteiger partial charge on any atom is 0.407 e. The minimum absolute atomic E-state index is 0.262. The zero-order valence-corrected chi connectivity index (χ0v) is 19.4. The van der Waals surface area contributed by atoms with Crippen LogP contribution in [0.2, 0.25) is 5.04 Å². The van der Waals surface area contributed by atoms with Crippen LogP contribution in [-0.4, -0.2) is 31.4 Å². The van der Waals surface area contributed by atoms with E-state index in [-0.39, 0.29) is 11.1 Å². The van der Waals surface area contributed by atoms with E-state index < -0.39 is 13.9 Å². The van der Waals surface area contributed by atoms with Gasteiger partial charge in [0.15, 0.2) is 0 Å². The third-order valence-electron chi connectivity index (χ3n) is 5.26. The molecular weight excluding hydrogens is 378 g/mol. The molecule has 0 saturated heterocycles. The van der Waals surface area contributed by atoms with Gasteiger partial charge in [-0.05, 0) is 49.0 Å². The highest BCUT2D eigenvalue weighted by atomic mass is 28.4. The zero-order valence-electron chi connectivity index (χ0n) is 18.4. The lowest BCUT2D eigenvalue weighted by molar-refractivity contribution is 0.0527. The van der Waals surface area contributed by atoms with Crippen molar-refractivity contribution in [3.8, 4) is 0 Å². The third-order valence-corrected chi connectivity index (χ3v) is 9.81. The first kappa shape index (κ1) is 23.2. The second kappa shape index (κ2) is 9.59. The van der Waals surface area contributed by atoms with Crippen molar-refractivity contribution in [2.24, 2.45) is 0 Å². The average molecular weight is 414 g/mol. The quantitative estimate of drug-likeness (QED) is 0.503. The van der Waals surface area contributed by atoms with E-state index in [1.54, 1.807) is 0 Å². The van der Waals surface area contributed by atoms with Crippen LogP contribution in [0.3, 0.4) is 0 Å². The molecule has 2 aromatic rings. The molecule has 0 heterocycles. The second-order valence-electron chi connectivity index (χ2n) is 9.21. The Balaban J connectivity index is 2.05. The van der Waals surface area contributed by atoms with Gasteiger partial charge >= 0.3 is 6.09 Å². The monoisotopic (exact) mass is 413 g/mol. The van der Waals surface area contributed by atoms with Crippen molar-refractivity contribution in [2.75, 3.05) is 6.54 Å². The normalized spacial score (nSPS) is 12.5. The fraction of sp³-hybridized carbons (Fsp3) is 0.458. The molecule has 1 amide bonds. The fourth-order valence-corrected chi connectivity index (χ4v) is 7.47. The van der Waals surface area contributed by atoms with E-state index in [0.29, 0.717) is 6.54 Å². The maximum atomic E-state index is 12.1. The first-order chi connectivity index (χ1) is 13.6. The van der Waals surface area contributed by atoms with Crippen LogP contribution in [0.1, 0.15) is 53.9 Å². The third kappa shape index (κ3) is 6.18. The van der Waals surface area contributed by atoms with Crippen LogP contribution in [0.5, 0.6) is 0 Å². The predicted molar refractivity (Wildman–Crippen MR) is 122 cm³/mol. The Bertz CT molecular complexity index is 730. The van der Waals surface area contributed by atoms with Gasteiger partial charge in [-0.1, -0.05) is 80.9 Å². The van der Waals surface area contributed by atoms with Gasteiger partial charge in [0, 0.05) is 6.54 Å². The molecule has 2 aromatic carbocycles. The van der Waals surface area contributed by atoms with Crippen LogP contribution in [0, 0.1) is 0 Å². The number of amides is 1. The first-order valence-corrected chi connectivity index (χ1v) is 12.3. The van der Waals surface area contributed by atoms with Crippen LogP contribution >= 0.6 is 0 Å². The Morgan fingerprint density at radius 2 is 1.38 bits per heavy atom. The zero-order chi connectivity index (χ0) is 21.5. The topological polar surface area (TPSA) is 58.6 Å². The number of hydrogen-bond donors (Lipinski definition) is 2. The summed E-state index contributed by atoms with van der Waals surface area (Å²) < 4.78 is 5.27. The molecule has 2 rings (SSSR count). The van der Waals surface area contributed by atoms with Gasteiger partial charge in [0.25, 0.3) is 8.32 Å². The average Bonchev–Trinajstić information content (AvgIpc) is 2.67. The Hall–Kier alpha value is -2.11. The van der Waals surface area contributed by atoms with E-state index in [1.165, 1.54) is 0 Å². The Morgan fingerprint density at radius 3 is 1.83 bits per heavy atom. The summed E-state index contributed by atoms with van der Waals surface area (Å²) in [7, 11) is -2.96. The highest BCUT2D eigenvalue weighted by Gasteiger charge is 2.49. The van der Waals surface area contributed by atoms with E-state index in [9.17, 15) is 9.59 Å².